The maximum atomic E-state index is 6.01. The average molecular weight is 228 g/mol. The highest BCUT2D eigenvalue weighted by atomic mass is 35.5. The molecular formula is C11H11Cl2N. The van der Waals surface area contributed by atoms with Crippen LogP contribution in [0.2, 0.25) is 10.0 Å². The number of benzene rings is 1. The Kier molecular flexibility index (Phi) is 4.28. The second kappa shape index (κ2) is 5.26. The smallest absolute Gasteiger partial charge is 0.0725 e. The standard InChI is InChI=1S/C11H11Cl2N/c1-3-10(14-2)6-8-4-5-9(12)7-11(8)13/h1,4-5,7,10,14H,6H2,2H3. The van der Waals surface area contributed by atoms with Crippen molar-refractivity contribution < 1.29 is 0 Å². The molecule has 0 spiro atoms. The Bertz CT molecular complexity index is 355. The zero-order valence-electron chi connectivity index (χ0n) is 7.85. The number of hydrogen-bond acceptors (Lipinski definition) is 1. The van der Waals surface area contributed by atoms with E-state index in [1.165, 1.54) is 0 Å². The van der Waals surface area contributed by atoms with E-state index >= 15 is 0 Å². The first-order valence-electron chi connectivity index (χ1n) is 4.24. The zero-order chi connectivity index (χ0) is 10.6. The van der Waals surface area contributed by atoms with E-state index in [9.17, 15) is 0 Å². The van der Waals surface area contributed by atoms with Crippen LogP contribution in [0.1, 0.15) is 5.56 Å². The van der Waals surface area contributed by atoms with Gasteiger partial charge in [0.15, 0.2) is 0 Å². The van der Waals surface area contributed by atoms with Crippen LogP contribution < -0.4 is 5.32 Å². The van der Waals surface area contributed by atoms with Gasteiger partial charge in [0.05, 0.1) is 6.04 Å². The molecule has 1 atom stereocenters. The molecule has 0 saturated heterocycles. The van der Waals surface area contributed by atoms with Crippen molar-refractivity contribution in [3.63, 3.8) is 0 Å². The van der Waals surface area contributed by atoms with Crippen LogP contribution in [0.5, 0.6) is 0 Å². The minimum atomic E-state index is 0.00803. The molecule has 14 heavy (non-hydrogen) atoms. The van der Waals surface area contributed by atoms with E-state index in [1.807, 2.05) is 19.2 Å². The highest BCUT2D eigenvalue weighted by Gasteiger charge is 2.06. The molecule has 0 radical (unpaired) electrons. The summed E-state index contributed by atoms with van der Waals surface area (Å²) in [5.41, 5.74) is 1.01. The predicted molar refractivity (Wildman–Crippen MR) is 61.8 cm³/mol. The van der Waals surface area contributed by atoms with E-state index < -0.39 is 0 Å². The van der Waals surface area contributed by atoms with E-state index in [4.69, 9.17) is 29.6 Å². The van der Waals surface area contributed by atoms with Gasteiger partial charge in [-0.15, -0.1) is 6.42 Å². The number of hydrogen-bond donors (Lipinski definition) is 1. The average Bonchev–Trinajstić information content (AvgIpc) is 2.17. The fourth-order valence-electron chi connectivity index (χ4n) is 1.15. The summed E-state index contributed by atoms with van der Waals surface area (Å²) < 4.78 is 0. The molecule has 0 aliphatic rings. The SMILES string of the molecule is C#CC(Cc1ccc(Cl)cc1Cl)NC. The molecule has 0 aliphatic heterocycles. The van der Waals surface area contributed by atoms with Crippen LogP contribution in [-0.2, 0) is 6.42 Å². The molecule has 0 bridgehead atoms. The van der Waals surface area contributed by atoms with E-state index in [0.29, 0.717) is 16.5 Å². The quantitative estimate of drug-likeness (QED) is 0.784. The van der Waals surface area contributed by atoms with Crippen LogP contribution in [0.15, 0.2) is 18.2 Å². The summed E-state index contributed by atoms with van der Waals surface area (Å²) in [4.78, 5) is 0. The first-order chi connectivity index (χ1) is 6.67. The Morgan fingerprint density at radius 3 is 2.71 bits per heavy atom. The zero-order valence-corrected chi connectivity index (χ0v) is 9.36. The van der Waals surface area contributed by atoms with Gasteiger partial charge in [0, 0.05) is 16.5 Å². The second-order valence-corrected chi connectivity index (χ2v) is 3.79. The van der Waals surface area contributed by atoms with Gasteiger partial charge >= 0.3 is 0 Å². The van der Waals surface area contributed by atoms with Crippen molar-refractivity contribution in [3.05, 3.63) is 33.8 Å². The Morgan fingerprint density at radius 1 is 1.50 bits per heavy atom. The summed E-state index contributed by atoms with van der Waals surface area (Å²) in [6.07, 6.45) is 6.04. The summed E-state index contributed by atoms with van der Waals surface area (Å²) >= 11 is 11.8. The second-order valence-electron chi connectivity index (χ2n) is 2.95. The van der Waals surface area contributed by atoms with Gasteiger partial charge in [-0.1, -0.05) is 35.2 Å². The molecule has 1 aromatic rings. The molecule has 3 heteroatoms. The molecule has 1 unspecified atom stereocenters. The Morgan fingerprint density at radius 2 is 2.21 bits per heavy atom. The minimum absolute atomic E-state index is 0.00803. The molecule has 1 N–H and O–H groups in total. The third-order valence-electron chi connectivity index (χ3n) is 1.99. The van der Waals surface area contributed by atoms with Gasteiger partial charge in [-0.3, -0.25) is 0 Å². The van der Waals surface area contributed by atoms with Crippen molar-refractivity contribution in [1.29, 1.82) is 0 Å². The van der Waals surface area contributed by atoms with Gasteiger partial charge < -0.3 is 5.32 Å². The third-order valence-corrected chi connectivity index (χ3v) is 2.58. The number of halogens is 2. The summed E-state index contributed by atoms with van der Waals surface area (Å²) in [6, 6.07) is 5.44. The Labute approximate surface area is 94.4 Å². The van der Waals surface area contributed by atoms with E-state index in [0.717, 1.165) is 5.56 Å². The highest BCUT2D eigenvalue weighted by Crippen LogP contribution is 2.21. The molecule has 0 saturated carbocycles. The van der Waals surface area contributed by atoms with Crippen LogP contribution in [0, 0.1) is 12.3 Å². The first-order valence-corrected chi connectivity index (χ1v) is 5.00. The molecular weight excluding hydrogens is 217 g/mol. The molecule has 74 valence electrons. The Balaban J connectivity index is 2.82. The normalized spacial score (nSPS) is 12.1. The van der Waals surface area contributed by atoms with E-state index in [1.54, 1.807) is 6.07 Å². The molecule has 1 aromatic carbocycles. The van der Waals surface area contributed by atoms with Gasteiger partial charge in [-0.25, -0.2) is 0 Å². The summed E-state index contributed by atoms with van der Waals surface area (Å²) in [5, 5.41) is 4.31. The van der Waals surface area contributed by atoms with Crippen LogP contribution in [-0.4, -0.2) is 13.1 Å². The summed E-state index contributed by atoms with van der Waals surface area (Å²) in [7, 11) is 1.83. The molecule has 1 nitrogen and oxygen atoms in total. The van der Waals surface area contributed by atoms with Crippen molar-refractivity contribution >= 4 is 23.2 Å². The van der Waals surface area contributed by atoms with Gasteiger partial charge in [-0.05, 0) is 24.7 Å². The van der Waals surface area contributed by atoms with Crippen LogP contribution in [0.3, 0.4) is 0 Å². The monoisotopic (exact) mass is 227 g/mol. The maximum absolute atomic E-state index is 6.01. The lowest BCUT2D eigenvalue weighted by molar-refractivity contribution is 0.684. The van der Waals surface area contributed by atoms with Crippen LogP contribution >= 0.6 is 23.2 Å². The lowest BCUT2D eigenvalue weighted by Gasteiger charge is -2.10. The molecule has 0 aromatic heterocycles. The van der Waals surface area contributed by atoms with Crippen LogP contribution in [0.4, 0.5) is 0 Å². The van der Waals surface area contributed by atoms with Crippen molar-refractivity contribution in [3.8, 4) is 12.3 Å². The molecule has 0 aliphatic carbocycles. The van der Waals surface area contributed by atoms with Crippen molar-refractivity contribution in [1.82, 2.24) is 5.32 Å². The van der Waals surface area contributed by atoms with Gasteiger partial charge in [0.1, 0.15) is 0 Å². The minimum Gasteiger partial charge on any atom is -0.306 e. The lowest BCUT2D eigenvalue weighted by atomic mass is 10.1. The first kappa shape index (κ1) is 11.4. The van der Waals surface area contributed by atoms with E-state index in [2.05, 4.69) is 11.2 Å². The molecule has 0 amide bonds. The topological polar surface area (TPSA) is 12.0 Å². The molecule has 0 heterocycles. The number of likely N-dealkylation sites (N-methyl/N-ethyl adjacent to an activating group) is 1. The van der Waals surface area contributed by atoms with Crippen molar-refractivity contribution in [2.75, 3.05) is 7.05 Å². The third kappa shape index (κ3) is 2.92. The summed E-state index contributed by atoms with van der Waals surface area (Å²) in [5.74, 6) is 2.64. The largest absolute Gasteiger partial charge is 0.306 e. The number of rotatable bonds is 3. The number of nitrogens with one attached hydrogen (secondary N) is 1. The van der Waals surface area contributed by atoms with Crippen molar-refractivity contribution in [2.24, 2.45) is 0 Å². The lowest BCUT2D eigenvalue weighted by Crippen LogP contribution is -2.25. The fraction of sp³-hybridized carbons (Fsp3) is 0.273. The van der Waals surface area contributed by atoms with Gasteiger partial charge in [0.2, 0.25) is 0 Å². The predicted octanol–water partition coefficient (Wildman–Crippen LogP) is 2.76. The fourth-order valence-corrected chi connectivity index (χ4v) is 1.64. The van der Waals surface area contributed by atoms with Gasteiger partial charge in [-0.2, -0.15) is 0 Å². The maximum Gasteiger partial charge on any atom is 0.0725 e. The van der Waals surface area contributed by atoms with E-state index in [-0.39, 0.29) is 6.04 Å². The molecule has 1 rings (SSSR count). The molecule has 0 fully saturated rings. The van der Waals surface area contributed by atoms with Gasteiger partial charge in [0.25, 0.3) is 0 Å². The number of terminal acetylenes is 1. The Hall–Kier alpha value is -0.680. The van der Waals surface area contributed by atoms with Crippen molar-refractivity contribution in [2.45, 2.75) is 12.5 Å². The van der Waals surface area contributed by atoms with Crippen LogP contribution in [0.25, 0.3) is 0 Å². The summed E-state index contributed by atoms with van der Waals surface area (Å²) in [6.45, 7) is 0. The highest BCUT2D eigenvalue weighted by molar-refractivity contribution is 6.35.